The Labute approximate surface area is 285 Å². The Hall–Kier alpha value is -5.16. The number of carbonyl (C=O) groups is 1. The molecule has 48 heavy (non-hydrogen) atoms. The van der Waals surface area contributed by atoms with Crippen LogP contribution < -0.4 is 29.9 Å². The highest BCUT2D eigenvalue weighted by Gasteiger charge is 2.23. The van der Waals surface area contributed by atoms with Crippen LogP contribution in [0.3, 0.4) is 0 Å². The van der Waals surface area contributed by atoms with Gasteiger partial charge in [0, 0.05) is 48.9 Å². The molecule has 1 aliphatic heterocycles. The first-order valence-electron chi connectivity index (χ1n) is 16.2. The van der Waals surface area contributed by atoms with Crippen LogP contribution in [0, 0.1) is 6.92 Å². The Bertz CT molecular complexity index is 1850. The molecule has 6 rings (SSSR count). The summed E-state index contributed by atoms with van der Waals surface area (Å²) in [5.41, 5.74) is 6.05. The molecular weight excluding hydrogens is 623 g/mol. The number of thiophene rings is 1. The Morgan fingerprint density at radius 1 is 0.917 bits per heavy atom. The van der Waals surface area contributed by atoms with Crippen LogP contribution in [0.4, 0.5) is 23.5 Å². The normalized spacial score (nSPS) is 12.3. The summed E-state index contributed by atoms with van der Waals surface area (Å²) in [6.07, 6.45) is 1.71. The molecule has 2 aromatic heterocycles. The number of ether oxygens (including phenoxy) is 2. The number of hydrogen-bond donors (Lipinski definition) is 2. The molecular formula is C37H41N7O3S. The fourth-order valence-corrected chi connectivity index (χ4v) is 6.52. The van der Waals surface area contributed by atoms with Crippen LogP contribution in [-0.2, 0) is 25.9 Å². The molecule has 0 saturated heterocycles. The van der Waals surface area contributed by atoms with E-state index in [0.29, 0.717) is 55.3 Å². The summed E-state index contributed by atoms with van der Waals surface area (Å²) in [5, 5.41) is 8.89. The van der Waals surface area contributed by atoms with Gasteiger partial charge in [-0.3, -0.25) is 4.79 Å². The highest BCUT2D eigenvalue weighted by Crippen LogP contribution is 2.34. The van der Waals surface area contributed by atoms with E-state index in [1.165, 1.54) is 10.4 Å². The molecule has 3 aromatic carbocycles. The average Bonchev–Trinajstić information content (AvgIpc) is 3.64. The number of methoxy groups -OCH3 is 2. The van der Waals surface area contributed by atoms with E-state index in [0.717, 1.165) is 47.5 Å². The molecule has 248 valence electrons. The predicted molar refractivity (Wildman–Crippen MR) is 193 cm³/mol. The second-order valence-corrected chi connectivity index (χ2v) is 12.7. The molecule has 0 saturated carbocycles. The Kier molecular flexibility index (Phi) is 10.4. The maximum Gasteiger partial charge on any atom is 0.258 e. The number of aryl methyl sites for hydroxylation is 1. The van der Waals surface area contributed by atoms with E-state index in [2.05, 4.69) is 39.1 Å². The monoisotopic (exact) mass is 663 g/mol. The van der Waals surface area contributed by atoms with Gasteiger partial charge in [0.25, 0.3) is 5.91 Å². The topological polar surface area (TPSA) is 105 Å². The van der Waals surface area contributed by atoms with Crippen molar-refractivity contribution in [3.8, 4) is 11.5 Å². The lowest BCUT2D eigenvalue weighted by atomic mass is 9.99. The van der Waals surface area contributed by atoms with E-state index in [9.17, 15) is 4.79 Å². The fraction of sp³-hybridized carbons (Fsp3) is 0.297. The Morgan fingerprint density at radius 2 is 1.67 bits per heavy atom. The van der Waals surface area contributed by atoms with Gasteiger partial charge < -0.3 is 29.9 Å². The third-order valence-corrected chi connectivity index (χ3v) is 9.32. The first kappa shape index (κ1) is 32.8. The van der Waals surface area contributed by atoms with Crippen LogP contribution in [-0.4, -0.2) is 54.7 Å². The number of amides is 1. The summed E-state index contributed by atoms with van der Waals surface area (Å²) in [5.74, 6) is 3.02. The molecule has 0 atom stereocenters. The molecule has 5 aromatic rings. The molecule has 10 nitrogen and oxygen atoms in total. The van der Waals surface area contributed by atoms with Crippen LogP contribution in [0.1, 0.15) is 44.4 Å². The van der Waals surface area contributed by atoms with Crippen molar-refractivity contribution in [2.24, 2.45) is 0 Å². The van der Waals surface area contributed by atoms with Crippen LogP contribution >= 0.6 is 11.3 Å². The summed E-state index contributed by atoms with van der Waals surface area (Å²) in [6, 6.07) is 24.0. The first-order valence-corrected chi connectivity index (χ1v) is 17.0. The number of carbonyl (C=O) groups excluding carboxylic acids is 1. The molecule has 0 unspecified atom stereocenters. The van der Waals surface area contributed by atoms with E-state index in [1.54, 1.807) is 30.5 Å². The molecule has 2 N–H and O–H groups in total. The molecule has 0 bridgehead atoms. The fourth-order valence-electron chi connectivity index (χ4n) is 5.81. The zero-order chi connectivity index (χ0) is 33.5. The SMILES string of the molecule is CCN(C(=O)c1ccc(CNc2nc(NCCc3cccs3)nc(N3CCc4cc(OC)c(OC)cc4C3)n2)cc1)c1cccc(C)c1. The summed E-state index contributed by atoms with van der Waals surface area (Å²) in [7, 11) is 3.31. The Morgan fingerprint density at radius 3 is 2.35 bits per heavy atom. The third-order valence-electron chi connectivity index (χ3n) is 8.39. The van der Waals surface area contributed by atoms with E-state index in [-0.39, 0.29) is 5.91 Å². The minimum atomic E-state index is -0.0258. The van der Waals surface area contributed by atoms with Gasteiger partial charge in [0.15, 0.2) is 11.5 Å². The van der Waals surface area contributed by atoms with Crippen LogP contribution in [0.5, 0.6) is 11.5 Å². The smallest absolute Gasteiger partial charge is 0.258 e. The summed E-state index contributed by atoms with van der Waals surface area (Å²) in [6.45, 7) is 7.19. The van der Waals surface area contributed by atoms with Gasteiger partial charge in [-0.25, -0.2) is 0 Å². The number of fused-ring (bicyclic) bond motifs is 1. The van der Waals surface area contributed by atoms with Crippen molar-refractivity contribution in [3.63, 3.8) is 0 Å². The number of nitrogens with one attached hydrogen (secondary N) is 2. The zero-order valence-corrected chi connectivity index (χ0v) is 28.6. The standard InChI is InChI=1S/C37H41N7O3S/c1-5-44(30-9-6-8-25(2)20-30)34(45)27-13-11-26(12-14-27)23-39-36-40-35(38-17-15-31-10-7-19-48-31)41-37(42-36)43-18-16-28-21-32(46-3)33(47-4)22-29(28)24-43/h6-14,19-22H,5,15-18,23-24H2,1-4H3,(H2,38,39,40,41,42). The van der Waals surface area contributed by atoms with Gasteiger partial charge in [-0.05, 0) is 96.8 Å². The molecule has 0 radical (unpaired) electrons. The van der Waals surface area contributed by atoms with Crippen molar-refractivity contribution >= 4 is 40.8 Å². The minimum Gasteiger partial charge on any atom is -0.493 e. The molecule has 11 heteroatoms. The van der Waals surface area contributed by atoms with Crippen molar-refractivity contribution in [3.05, 3.63) is 111 Å². The number of anilines is 4. The minimum absolute atomic E-state index is 0.0258. The predicted octanol–water partition coefficient (Wildman–Crippen LogP) is 6.75. The van der Waals surface area contributed by atoms with Crippen LogP contribution in [0.2, 0.25) is 0 Å². The quantitative estimate of drug-likeness (QED) is 0.142. The Balaban J connectivity index is 1.18. The van der Waals surface area contributed by atoms with Crippen LogP contribution in [0.15, 0.2) is 78.2 Å². The molecule has 0 fully saturated rings. The number of benzene rings is 3. The van der Waals surface area contributed by atoms with Gasteiger partial charge in [0.05, 0.1) is 14.2 Å². The highest BCUT2D eigenvalue weighted by atomic mass is 32.1. The summed E-state index contributed by atoms with van der Waals surface area (Å²) < 4.78 is 11.1. The van der Waals surface area contributed by atoms with Crippen molar-refractivity contribution in [2.75, 3.05) is 54.3 Å². The van der Waals surface area contributed by atoms with E-state index >= 15 is 0 Å². The number of hydrogen-bond acceptors (Lipinski definition) is 10. The lowest BCUT2D eigenvalue weighted by molar-refractivity contribution is 0.0988. The maximum atomic E-state index is 13.4. The molecule has 1 amide bonds. The van der Waals surface area contributed by atoms with Crippen molar-refractivity contribution in [1.29, 1.82) is 0 Å². The lowest BCUT2D eigenvalue weighted by Gasteiger charge is -2.30. The first-order chi connectivity index (χ1) is 23.4. The number of aromatic nitrogens is 3. The number of nitrogens with zero attached hydrogens (tertiary/aromatic N) is 5. The van der Waals surface area contributed by atoms with Gasteiger partial charge in [-0.1, -0.05) is 30.3 Å². The lowest BCUT2D eigenvalue weighted by Crippen LogP contribution is -2.32. The largest absolute Gasteiger partial charge is 0.493 e. The number of rotatable bonds is 13. The molecule has 1 aliphatic rings. The van der Waals surface area contributed by atoms with E-state index in [4.69, 9.17) is 24.4 Å². The van der Waals surface area contributed by atoms with Gasteiger partial charge >= 0.3 is 0 Å². The maximum absolute atomic E-state index is 13.4. The van der Waals surface area contributed by atoms with Crippen molar-refractivity contribution in [2.45, 2.75) is 39.8 Å². The van der Waals surface area contributed by atoms with Crippen molar-refractivity contribution < 1.29 is 14.3 Å². The van der Waals surface area contributed by atoms with E-state index < -0.39 is 0 Å². The van der Waals surface area contributed by atoms with Gasteiger partial charge in [-0.2, -0.15) is 15.0 Å². The highest BCUT2D eigenvalue weighted by molar-refractivity contribution is 7.09. The van der Waals surface area contributed by atoms with Gasteiger partial charge in [0.1, 0.15) is 0 Å². The van der Waals surface area contributed by atoms with Gasteiger partial charge in [0.2, 0.25) is 17.8 Å². The van der Waals surface area contributed by atoms with Crippen LogP contribution in [0.25, 0.3) is 0 Å². The van der Waals surface area contributed by atoms with E-state index in [1.807, 2.05) is 68.4 Å². The average molecular weight is 664 g/mol. The summed E-state index contributed by atoms with van der Waals surface area (Å²) in [4.78, 5) is 33.0. The molecule has 0 spiro atoms. The van der Waals surface area contributed by atoms with Gasteiger partial charge in [-0.15, -0.1) is 11.3 Å². The second kappa shape index (κ2) is 15.2. The second-order valence-electron chi connectivity index (χ2n) is 11.6. The summed E-state index contributed by atoms with van der Waals surface area (Å²) >= 11 is 1.74. The zero-order valence-electron chi connectivity index (χ0n) is 27.8. The third kappa shape index (κ3) is 7.69. The van der Waals surface area contributed by atoms with Crippen molar-refractivity contribution in [1.82, 2.24) is 15.0 Å². The molecule has 0 aliphatic carbocycles. The molecule has 3 heterocycles.